The van der Waals surface area contributed by atoms with Crippen LogP contribution < -0.4 is 21.3 Å². The maximum Gasteiger partial charge on any atom is 0.416 e. The lowest BCUT2D eigenvalue weighted by Gasteiger charge is -2.26. The molecule has 0 aliphatic carbocycles. The van der Waals surface area contributed by atoms with Crippen LogP contribution in [0.3, 0.4) is 0 Å². The van der Waals surface area contributed by atoms with Crippen molar-refractivity contribution in [2.75, 3.05) is 10.6 Å². The molecule has 4 rings (SSSR count). The van der Waals surface area contributed by atoms with Gasteiger partial charge in [-0.25, -0.2) is 9.59 Å². The number of carboxylic acids is 1. The number of halogens is 3. The van der Waals surface area contributed by atoms with E-state index in [1.165, 1.54) is 24.3 Å². The van der Waals surface area contributed by atoms with Gasteiger partial charge in [-0.3, -0.25) is 4.79 Å². The number of alkyl halides is 3. The summed E-state index contributed by atoms with van der Waals surface area (Å²) in [7, 11) is 0. The van der Waals surface area contributed by atoms with Crippen LogP contribution in [0.4, 0.5) is 40.7 Å². The number of carbonyl (C=O) groups is 3. The second-order valence-electron chi connectivity index (χ2n) is 12.7. The smallest absolute Gasteiger partial charge is 0.416 e. The quantitative estimate of drug-likeness (QED) is 0.0811. The molecule has 0 fully saturated rings. The van der Waals surface area contributed by atoms with Crippen molar-refractivity contribution in [3.63, 3.8) is 0 Å². The van der Waals surface area contributed by atoms with Crippen LogP contribution in [-0.2, 0) is 23.9 Å². The van der Waals surface area contributed by atoms with Gasteiger partial charge in [-0.2, -0.15) is 13.2 Å². The fraction of sp³-hybridized carbons (Fsp3) is 0.293. The molecule has 4 aromatic carbocycles. The largest absolute Gasteiger partial charge is 0.478 e. The van der Waals surface area contributed by atoms with Gasteiger partial charge in [0.15, 0.2) is 6.29 Å². The van der Waals surface area contributed by atoms with Gasteiger partial charge in [-0.15, -0.1) is 0 Å². The highest BCUT2D eigenvalue weighted by molar-refractivity contribution is 5.96. The predicted octanol–water partition coefficient (Wildman–Crippen LogP) is 10.2. The average Bonchev–Trinajstić information content (AvgIpc) is 3.11. The second-order valence-corrected chi connectivity index (χ2v) is 12.7. The summed E-state index contributed by atoms with van der Waals surface area (Å²) in [6.07, 6.45) is -1.52. The lowest BCUT2D eigenvalue weighted by atomic mass is 10.0. The Kier molecular flexibility index (Phi) is 15.1. The minimum absolute atomic E-state index is 0.0240. The van der Waals surface area contributed by atoms with Gasteiger partial charge in [0.1, 0.15) is 5.60 Å². The number of alkyl carbamates (subject to hydrolysis) is 1. The fourth-order valence-electron chi connectivity index (χ4n) is 5.24. The molecule has 4 aromatic rings. The number of amides is 1. The summed E-state index contributed by atoms with van der Waals surface area (Å²) >= 11 is 0. The third-order valence-electron chi connectivity index (χ3n) is 7.56. The molecule has 53 heavy (non-hydrogen) atoms. The van der Waals surface area contributed by atoms with E-state index < -0.39 is 35.4 Å². The van der Waals surface area contributed by atoms with E-state index in [4.69, 9.17) is 4.74 Å². The van der Waals surface area contributed by atoms with Crippen LogP contribution in [0.15, 0.2) is 103 Å². The van der Waals surface area contributed by atoms with Gasteiger partial charge in [0.25, 0.3) is 0 Å². The van der Waals surface area contributed by atoms with Crippen LogP contribution in [0.1, 0.15) is 85.4 Å². The summed E-state index contributed by atoms with van der Waals surface area (Å²) in [5.41, 5.74) is 1.45. The van der Waals surface area contributed by atoms with Gasteiger partial charge >= 0.3 is 18.2 Å². The van der Waals surface area contributed by atoms with E-state index >= 15 is 0 Å². The Bertz CT molecular complexity index is 1870. The van der Waals surface area contributed by atoms with Crippen LogP contribution in [0.5, 0.6) is 0 Å². The lowest BCUT2D eigenvalue weighted by Crippen LogP contribution is -2.44. The van der Waals surface area contributed by atoms with Gasteiger partial charge in [0.2, 0.25) is 0 Å². The Hall–Kier alpha value is -5.78. The number of nitrogens with one attached hydrogen (secondary N) is 4. The number of hydrogen-bond donors (Lipinski definition) is 5. The SMILES string of the molecule is CC.CC/C=C(\NCc1ccc(Nc2cc(C(F)(F)F)ccc2Nc2ccccc2C(=O)O)c(C=O)c1)C(Cc1ccccc1)NC(=O)OC(C)(C)C. The van der Waals surface area contributed by atoms with Crippen LogP contribution >= 0.6 is 0 Å². The van der Waals surface area contributed by atoms with Crippen LogP contribution in [0, 0.1) is 0 Å². The highest BCUT2D eigenvalue weighted by atomic mass is 19.4. The zero-order valence-corrected chi connectivity index (χ0v) is 30.7. The summed E-state index contributed by atoms with van der Waals surface area (Å²) in [5.74, 6) is -1.21. The van der Waals surface area contributed by atoms with Gasteiger partial charge in [-0.05, 0) is 87.2 Å². The molecule has 0 aliphatic heterocycles. The number of allylic oxidation sites excluding steroid dienone is 1. The van der Waals surface area contributed by atoms with Gasteiger partial charge in [0, 0.05) is 23.5 Å². The Labute approximate surface area is 308 Å². The molecule has 0 aromatic heterocycles. The molecule has 1 amide bonds. The first-order valence-electron chi connectivity index (χ1n) is 17.3. The summed E-state index contributed by atoms with van der Waals surface area (Å²) in [5, 5.41) is 21.8. The van der Waals surface area contributed by atoms with Crippen molar-refractivity contribution < 1.29 is 37.4 Å². The minimum Gasteiger partial charge on any atom is -0.478 e. The molecule has 5 N–H and O–H groups in total. The van der Waals surface area contributed by atoms with E-state index in [-0.39, 0.29) is 40.4 Å². The lowest BCUT2D eigenvalue weighted by molar-refractivity contribution is -0.137. The molecule has 0 aliphatic rings. The Balaban J connectivity index is 0.00000372. The Morgan fingerprint density at radius 3 is 2.08 bits per heavy atom. The van der Waals surface area contributed by atoms with Gasteiger partial charge in [-0.1, -0.05) is 75.4 Å². The number of para-hydroxylation sites is 1. The van der Waals surface area contributed by atoms with Crippen molar-refractivity contribution in [1.82, 2.24) is 10.6 Å². The van der Waals surface area contributed by atoms with Crippen LogP contribution in [-0.4, -0.2) is 35.1 Å². The average molecular weight is 733 g/mol. The van der Waals surface area contributed by atoms with E-state index in [2.05, 4.69) is 21.3 Å². The molecule has 0 saturated heterocycles. The predicted molar refractivity (Wildman–Crippen MR) is 203 cm³/mol. The van der Waals surface area contributed by atoms with Gasteiger partial charge in [0.05, 0.1) is 34.2 Å². The van der Waals surface area contributed by atoms with Crippen molar-refractivity contribution in [2.45, 2.75) is 78.7 Å². The third-order valence-corrected chi connectivity index (χ3v) is 7.56. The molecule has 282 valence electrons. The van der Waals surface area contributed by atoms with Crippen molar-refractivity contribution in [2.24, 2.45) is 0 Å². The zero-order valence-electron chi connectivity index (χ0n) is 30.7. The van der Waals surface area contributed by atoms with E-state index in [1.807, 2.05) is 57.2 Å². The molecular weight excluding hydrogens is 685 g/mol. The van der Waals surface area contributed by atoms with Crippen LogP contribution in [0.2, 0.25) is 0 Å². The van der Waals surface area contributed by atoms with Crippen molar-refractivity contribution >= 4 is 41.1 Å². The first kappa shape index (κ1) is 41.6. The maximum atomic E-state index is 13.7. The second kappa shape index (κ2) is 19.2. The number of hydrogen-bond acceptors (Lipinski definition) is 7. The summed E-state index contributed by atoms with van der Waals surface area (Å²) in [6.45, 7) is 11.6. The highest BCUT2D eigenvalue weighted by Crippen LogP contribution is 2.37. The third kappa shape index (κ3) is 12.7. The minimum atomic E-state index is -4.66. The van der Waals surface area contributed by atoms with Crippen molar-refractivity contribution in [3.8, 4) is 0 Å². The number of anilines is 4. The Morgan fingerprint density at radius 2 is 1.45 bits per heavy atom. The summed E-state index contributed by atoms with van der Waals surface area (Å²) in [6, 6.07) is 23.1. The number of aromatic carboxylic acids is 1. The molecule has 12 heteroatoms. The van der Waals surface area contributed by atoms with E-state index in [0.717, 1.165) is 23.4 Å². The molecular formula is C41H47F3N4O5. The fourth-order valence-corrected chi connectivity index (χ4v) is 5.24. The number of rotatable bonds is 14. The van der Waals surface area contributed by atoms with Crippen molar-refractivity contribution in [3.05, 3.63) is 131 Å². The van der Waals surface area contributed by atoms with Crippen molar-refractivity contribution in [1.29, 1.82) is 0 Å². The van der Waals surface area contributed by atoms with Gasteiger partial charge < -0.3 is 31.1 Å². The van der Waals surface area contributed by atoms with E-state index in [1.54, 1.807) is 45.0 Å². The number of ether oxygens (including phenoxy) is 1. The number of carboxylic acid groups (broad SMARTS) is 1. The normalized spacial score (nSPS) is 12.1. The number of carbonyl (C=O) groups excluding carboxylic acids is 2. The molecule has 1 atom stereocenters. The first-order valence-corrected chi connectivity index (χ1v) is 17.3. The van der Waals surface area contributed by atoms with E-state index in [9.17, 15) is 32.7 Å². The topological polar surface area (TPSA) is 129 Å². The first-order chi connectivity index (χ1) is 25.2. The van der Waals surface area contributed by atoms with Crippen LogP contribution in [0.25, 0.3) is 0 Å². The molecule has 0 saturated carbocycles. The number of aldehydes is 1. The highest BCUT2D eigenvalue weighted by Gasteiger charge is 2.31. The summed E-state index contributed by atoms with van der Waals surface area (Å²) in [4.78, 5) is 36.9. The molecule has 0 spiro atoms. The molecule has 0 bridgehead atoms. The molecule has 1 unspecified atom stereocenters. The standard InChI is InChI=1S/C39H41F3N4O5.C2H6/c1-5-11-32(34(21-25-12-7-6-8-13-25)46-37(50)51-38(2,3)4)43-23-26-16-18-30(27(20-26)24-47)44-35-22-28(39(40,41)42)17-19-33(35)45-31-15-10-9-14-29(31)36(48)49;1-2/h6-20,22,24,34,43-45H,5,21,23H2,1-4H3,(H,46,50)(H,48,49);1-2H3/b32-11-;. The summed E-state index contributed by atoms with van der Waals surface area (Å²) < 4.78 is 46.7. The van der Waals surface area contributed by atoms with E-state index in [0.29, 0.717) is 24.7 Å². The zero-order chi connectivity index (χ0) is 39.2. The molecule has 9 nitrogen and oxygen atoms in total. The monoisotopic (exact) mass is 732 g/mol. The maximum absolute atomic E-state index is 13.7. The molecule has 0 heterocycles. The molecule has 0 radical (unpaired) electrons. The number of benzene rings is 4. The Morgan fingerprint density at radius 1 is 0.811 bits per heavy atom.